The van der Waals surface area contributed by atoms with Crippen LogP contribution < -0.4 is 11.1 Å². The van der Waals surface area contributed by atoms with Crippen molar-refractivity contribution >= 4 is 27.5 Å². The number of halogens is 1. The summed E-state index contributed by atoms with van der Waals surface area (Å²) in [7, 11) is 0. The molecule has 0 saturated carbocycles. The Kier molecular flexibility index (Phi) is 4.16. The van der Waals surface area contributed by atoms with E-state index in [1.165, 1.54) is 6.07 Å². The number of anilines is 1. The molecule has 1 amide bonds. The molecule has 1 rings (SSSR count). The first-order valence-electron chi connectivity index (χ1n) is 5.27. The van der Waals surface area contributed by atoms with Gasteiger partial charge in [-0.3, -0.25) is 4.79 Å². The van der Waals surface area contributed by atoms with E-state index in [4.69, 9.17) is 5.73 Å². The van der Waals surface area contributed by atoms with Crippen molar-refractivity contribution in [2.24, 2.45) is 11.1 Å². The number of carbonyl (C=O) groups is 1. The second-order valence-corrected chi connectivity index (χ2v) is 5.91. The maximum atomic E-state index is 11.9. The van der Waals surface area contributed by atoms with Crippen molar-refractivity contribution in [1.29, 1.82) is 0 Å². The van der Waals surface area contributed by atoms with E-state index in [0.717, 1.165) is 4.47 Å². The lowest BCUT2D eigenvalue weighted by molar-refractivity contribution is -0.119. The predicted octanol–water partition coefficient (Wildman–Crippen LogP) is 2.47. The summed E-state index contributed by atoms with van der Waals surface area (Å²) in [5.41, 5.74) is 5.85. The number of amides is 1. The maximum absolute atomic E-state index is 11.9. The highest BCUT2D eigenvalue weighted by Crippen LogP contribution is 2.27. The van der Waals surface area contributed by atoms with Gasteiger partial charge in [0.15, 0.2) is 0 Å². The van der Waals surface area contributed by atoms with Crippen LogP contribution in [-0.2, 0) is 4.79 Å². The van der Waals surface area contributed by atoms with E-state index < -0.39 is 6.04 Å². The number of nitrogens with two attached hydrogens (primary N) is 1. The van der Waals surface area contributed by atoms with Crippen LogP contribution in [0.25, 0.3) is 0 Å². The van der Waals surface area contributed by atoms with Gasteiger partial charge in [0.05, 0.1) is 11.7 Å². The summed E-state index contributed by atoms with van der Waals surface area (Å²) >= 11 is 3.27. The minimum absolute atomic E-state index is 0.0164. The first-order chi connectivity index (χ1) is 7.71. The molecule has 0 aliphatic heterocycles. The summed E-state index contributed by atoms with van der Waals surface area (Å²) in [5.74, 6) is -0.298. The van der Waals surface area contributed by atoms with Crippen molar-refractivity contribution in [3.8, 4) is 5.75 Å². The van der Waals surface area contributed by atoms with Crippen LogP contribution in [0.2, 0.25) is 0 Å². The molecule has 1 aromatic carbocycles. The Hall–Kier alpha value is -1.07. The second kappa shape index (κ2) is 5.06. The van der Waals surface area contributed by atoms with Crippen molar-refractivity contribution in [3.05, 3.63) is 22.7 Å². The van der Waals surface area contributed by atoms with E-state index in [2.05, 4.69) is 21.2 Å². The Morgan fingerprint density at radius 2 is 2.06 bits per heavy atom. The van der Waals surface area contributed by atoms with Gasteiger partial charge in [0.2, 0.25) is 5.91 Å². The van der Waals surface area contributed by atoms with Crippen molar-refractivity contribution in [2.75, 3.05) is 5.32 Å². The highest BCUT2D eigenvalue weighted by molar-refractivity contribution is 9.10. The molecular weight excluding hydrogens is 284 g/mol. The van der Waals surface area contributed by atoms with Gasteiger partial charge in [0.1, 0.15) is 5.75 Å². The third-order valence-corrected chi connectivity index (χ3v) is 2.93. The molecule has 94 valence electrons. The Morgan fingerprint density at radius 3 is 2.59 bits per heavy atom. The molecule has 0 radical (unpaired) electrons. The number of carbonyl (C=O) groups excluding carboxylic acids is 1. The lowest BCUT2D eigenvalue weighted by Crippen LogP contribution is -2.45. The molecular formula is C12H17BrN2O2. The average molecular weight is 301 g/mol. The van der Waals surface area contributed by atoms with Crippen LogP contribution in [0.15, 0.2) is 22.7 Å². The third-order valence-electron chi connectivity index (χ3n) is 2.43. The van der Waals surface area contributed by atoms with Crippen LogP contribution in [-0.4, -0.2) is 17.1 Å². The molecule has 5 heteroatoms. The molecule has 4 N–H and O–H groups in total. The number of hydrogen-bond donors (Lipinski definition) is 3. The van der Waals surface area contributed by atoms with Gasteiger partial charge in [-0.15, -0.1) is 0 Å². The van der Waals surface area contributed by atoms with Crippen LogP contribution in [0.4, 0.5) is 5.69 Å². The van der Waals surface area contributed by atoms with Crippen molar-refractivity contribution in [1.82, 2.24) is 0 Å². The molecule has 0 heterocycles. The molecule has 1 unspecified atom stereocenters. The fourth-order valence-electron chi connectivity index (χ4n) is 1.21. The number of benzene rings is 1. The maximum Gasteiger partial charge on any atom is 0.241 e. The van der Waals surface area contributed by atoms with E-state index in [1.807, 2.05) is 20.8 Å². The van der Waals surface area contributed by atoms with Gasteiger partial charge in [-0.05, 0) is 23.6 Å². The van der Waals surface area contributed by atoms with E-state index in [-0.39, 0.29) is 17.1 Å². The summed E-state index contributed by atoms with van der Waals surface area (Å²) in [5, 5.41) is 12.2. The molecule has 0 aliphatic rings. The minimum atomic E-state index is -0.638. The zero-order chi connectivity index (χ0) is 13.2. The van der Waals surface area contributed by atoms with Crippen LogP contribution in [0.1, 0.15) is 20.8 Å². The van der Waals surface area contributed by atoms with E-state index in [9.17, 15) is 9.90 Å². The molecule has 1 atom stereocenters. The lowest BCUT2D eigenvalue weighted by Gasteiger charge is -2.25. The quantitative estimate of drug-likeness (QED) is 0.735. The van der Waals surface area contributed by atoms with Crippen molar-refractivity contribution in [2.45, 2.75) is 26.8 Å². The Morgan fingerprint density at radius 1 is 1.47 bits per heavy atom. The molecule has 17 heavy (non-hydrogen) atoms. The molecule has 0 aromatic heterocycles. The highest BCUT2D eigenvalue weighted by atomic mass is 79.9. The number of rotatable bonds is 2. The summed E-state index contributed by atoms with van der Waals surface area (Å²) in [6.45, 7) is 5.66. The lowest BCUT2D eigenvalue weighted by atomic mass is 9.87. The Balaban J connectivity index is 2.85. The number of hydrogen-bond acceptors (Lipinski definition) is 3. The van der Waals surface area contributed by atoms with Crippen molar-refractivity contribution in [3.63, 3.8) is 0 Å². The largest absolute Gasteiger partial charge is 0.506 e. The van der Waals surface area contributed by atoms with E-state index >= 15 is 0 Å². The Bertz CT molecular complexity index is 427. The second-order valence-electron chi connectivity index (χ2n) is 4.99. The summed E-state index contributed by atoms with van der Waals surface area (Å²) in [4.78, 5) is 11.9. The first kappa shape index (κ1) is 14.0. The minimum Gasteiger partial charge on any atom is -0.506 e. The highest BCUT2D eigenvalue weighted by Gasteiger charge is 2.27. The van der Waals surface area contributed by atoms with Gasteiger partial charge in [-0.1, -0.05) is 36.7 Å². The fraction of sp³-hybridized carbons (Fsp3) is 0.417. The van der Waals surface area contributed by atoms with Gasteiger partial charge in [-0.25, -0.2) is 0 Å². The van der Waals surface area contributed by atoms with Crippen LogP contribution in [0.5, 0.6) is 5.75 Å². The summed E-state index contributed by atoms with van der Waals surface area (Å²) < 4.78 is 0.773. The van der Waals surface area contributed by atoms with Crippen LogP contribution in [0.3, 0.4) is 0 Å². The van der Waals surface area contributed by atoms with Gasteiger partial charge < -0.3 is 16.2 Å². The number of phenolic OH excluding ortho intramolecular Hbond substituents is 1. The van der Waals surface area contributed by atoms with Crippen molar-refractivity contribution < 1.29 is 9.90 Å². The predicted molar refractivity (Wildman–Crippen MR) is 71.9 cm³/mol. The standard InChI is InChI=1S/C12H17BrN2O2/c1-12(2,3)10(14)11(17)15-8-6-7(13)4-5-9(8)16/h4-6,10,16H,14H2,1-3H3,(H,15,17). The molecule has 0 saturated heterocycles. The normalized spacial score (nSPS) is 13.2. The van der Waals surface area contributed by atoms with Crippen LogP contribution in [0, 0.1) is 5.41 Å². The zero-order valence-electron chi connectivity index (χ0n) is 10.1. The number of phenols is 1. The summed E-state index contributed by atoms with van der Waals surface area (Å²) in [6, 6.07) is 4.18. The topological polar surface area (TPSA) is 75.4 Å². The molecule has 4 nitrogen and oxygen atoms in total. The van der Waals surface area contributed by atoms with E-state index in [1.54, 1.807) is 12.1 Å². The van der Waals surface area contributed by atoms with Crippen LogP contribution >= 0.6 is 15.9 Å². The van der Waals surface area contributed by atoms with Gasteiger partial charge in [-0.2, -0.15) is 0 Å². The summed E-state index contributed by atoms with van der Waals surface area (Å²) in [6.07, 6.45) is 0. The van der Waals surface area contributed by atoms with Gasteiger partial charge in [0, 0.05) is 4.47 Å². The molecule has 1 aromatic rings. The fourth-order valence-corrected chi connectivity index (χ4v) is 1.57. The number of nitrogens with one attached hydrogen (secondary N) is 1. The smallest absolute Gasteiger partial charge is 0.241 e. The van der Waals surface area contributed by atoms with Gasteiger partial charge in [0.25, 0.3) is 0 Å². The molecule has 0 spiro atoms. The van der Waals surface area contributed by atoms with Gasteiger partial charge >= 0.3 is 0 Å². The zero-order valence-corrected chi connectivity index (χ0v) is 11.7. The Labute approximate surface area is 109 Å². The first-order valence-corrected chi connectivity index (χ1v) is 6.06. The molecule has 0 aliphatic carbocycles. The SMILES string of the molecule is CC(C)(C)C(N)C(=O)Nc1cc(Br)ccc1O. The molecule has 0 bridgehead atoms. The molecule has 0 fully saturated rings. The third kappa shape index (κ3) is 3.71. The monoisotopic (exact) mass is 300 g/mol. The number of aromatic hydroxyl groups is 1. The van der Waals surface area contributed by atoms with E-state index in [0.29, 0.717) is 5.69 Å². The average Bonchev–Trinajstić information content (AvgIpc) is 2.21.